The number of carbonyl (C=O) groups excluding carboxylic acids is 1. The van der Waals surface area contributed by atoms with Crippen LogP contribution in [0.4, 0.5) is 13.2 Å². The zero-order valence-corrected chi connectivity index (χ0v) is 23.8. The SMILES string of the molecule is Cc1nc2c(F)c(-c3cccc(Cl)c3Cl)c(CCC#N)cc2c2c1cc([C@@H](C)NC(=O)C(F)F)n2[C@H]1[C@H]2CN[C@@H]1C2. The number of carbonyl (C=O) groups is 1. The minimum atomic E-state index is -3.14. The van der Waals surface area contributed by atoms with E-state index in [2.05, 4.69) is 26.3 Å². The Kier molecular flexibility index (Phi) is 7.13. The summed E-state index contributed by atoms with van der Waals surface area (Å²) in [4.78, 5) is 16.6. The highest BCUT2D eigenvalue weighted by atomic mass is 35.5. The number of nitrogens with zero attached hydrogens (tertiary/aromatic N) is 3. The lowest BCUT2D eigenvalue weighted by atomic mass is 9.79. The first-order valence-corrected chi connectivity index (χ1v) is 14.2. The highest BCUT2D eigenvalue weighted by molar-refractivity contribution is 6.43. The monoisotopic (exact) mass is 599 g/mol. The van der Waals surface area contributed by atoms with E-state index >= 15 is 4.39 Å². The van der Waals surface area contributed by atoms with E-state index in [1.165, 1.54) is 0 Å². The summed E-state index contributed by atoms with van der Waals surface area (Å²) < 4.78 is 45.1. The van der Waals surface area contributed by atoms with Crippen molar-refractivity contribution < 1.29 is 18.0 Å². The van der Waals surface area contributed by atoms with Crippen molar-refractivity contribution in [3.05, 3.63) is 63.1 Å². The van der Waals surface area contributed by atoms with Gasteiger partial charge in [-0.25, -0.2) is 9.37 Å². The number of rotatable bonds is 7. The molecule has 0 spiro atoms. The lowest BCUT2D eigenvalue weighted by Crippen LogP contribution is -2.41. The number of hydrogen-bond donors (Lipinski definition) is 2. The normalized spacial score (nSPS) is 20.4. The van der Waals surface area contributed by atoms with Gasteiger partial charge in [0.05, 0.1) is 33.7 Å². The summed E-state index contributed by atoms with van der Waals surface area (Å²) in [6.45, 7) is 4.26. The van der Waals surface area contributed by atoms with Gasteiger partial charge in [0.15, 0.2) is 5.82 Å². The van der Waals surface area contributed by atoms with Crippen LogP contribution >= 0.6 is 23.2 Å². The fourth-order valence-electron chi connectivity index (χ4n) is 6.53. The topological polar surface area (TPSA) is 82.7 Å². The maximum Gasteiger partial charge on any atom is 0.315 e. The van der Waals surface area contributed by atoms with Crippen LogP contribution in [-0.4, -0.2) is 34.5 Å². The molecule has 2 aromatic carbocycles. The van der Waals surface area contributed by atoms with Crippen LogP contribution in [0.15, 0.2) is 30.3 Å². The van der Waals surface area contributed by atoms with Gasteiger partial charge in [-0.3, -0.25) is 4.79 Å². The molecule has 2 aliphatic heterocycles. The minimum absolute atomic E-state index is 0.00562. The third-order valence-corrected chi connectivity index (χ3v) is 9.25. The second-order valence-corrected chi connectivity index (χ2v) is 11.6. The average Bonchev–Trinajstić information content (AvgIpc) is 3.66. The molecule has 0 radical (unpaired) electrons. The van der Waals surface area contributed by atoms with E-state index in [0.717, 1.165) is 23.9 Å². The Hall–Kier alpha value is -3.32. The number of alkyl halides is 2. The molecule has 2 bridgehead atoms. The van der Waals surface area contributed by atoms with Gasteiger partial charge in [-0.2, -0.15) is 14.0 Å². The Morgan fingerprint density at radius 2 is 2.07 bits per heavy atom. The number of hydrogen-bond acceptors (Lipinski definition) is 4. The number of pyridine rings is 1. The number of aryl methyl sites for hydroxylation is 2. The van der Waals surface area contributed by atoms with Gasteiger partial charge in [0.25, 0.3) is 5.91 Å². The van der Waals surface area contributed by atoms with Crippen molar-refractivity contribution in [3.63, 3.8) is 0 Å². The zero-order chi connectivity index (χ0) is 29.2. The molecule has 6 nitrogen and oxygen atoms in total. The summed E-state index contributed by atoms with van der Waals surface area (Å²) in [5, 5.41) is 17.1. The predicted octanol–water partition coefficient (Wildman–Crippen LogP) is 7.04. The number of amides is 1. The lowest BCUT2D eigenvalue weighted by Gasteiger charge is -2.38. The summed E-state index contributed by atoms with van der Waals surface area (Å²) in [6, 6.07) is 10.3. The number of nitriles is 1. The van der Waals surface area contributed by atoms with E-state index in [0.29, 0.717) is 33.8 Å². The van der Waals surface area contributed by atoms with Crippen LogP contribution < -0.4 is 10.6 Å². The van der Waals surface area contributed by atoms with Crippen molar-refractivity contribution in [3.8, 4) is 17.2 Å². The molecule has 0 unspecified atom stereocenters. The second kappa shape index (κ2) is 10.5. The van der Waals surface area contributed by atoms with Crippen molar-refractivity contribution in [1.82, 2.24) is 20.2 Å². The highest BCUT2D eigenvalue weighted by Crippen LogP contribution is 2.49. The van der Waals surface area contributed by atoms with Gasteiger partial charge in [-0.05, 0) is 56.4 Å². The first-order chi connectivity index (χ1) is 19.6. The molecule has 11 heteroatoms. The fraction of sp³-hybridized carbons (Fsp3) is 0.367. The Labute approximate surface area is 244 Å². The summed E-state index contributed by atoms with van der Waals surface area (Å²) in [5.74, 6) is -1.62. The molecule has 4 heterocycles. The summed E-state index contributed by atoms with van der Waals surface area (Å²) in [6.07, 6.45) is -1.75. The molecule has 3 fully saturated rings. The van der Waals surface area contributed by atoms with Crippen molar-refractivity contribution in [2.24, 2.45) is 5.92 Å². The van der Waals surface area contributed by atoms with E-state index in [1.807, 2.05) is 12.1 Å². The largest absolute Gasteiger partial charge is 0.343 e. The molecule has 212 valence electrons. The van der Waals surface area contributed by atoms with Gasteiger partial charge in [-0.1, -0.05) is 35.3 Å². The van der Waals surface area contributed by atoms with Crippen LogP contribution in [0.3, 0.4) is 0 Å². The molecule has 4 atom stereocenters. The summed E-state index contributed by atoms with van der Waals surface area (Å²) >= 11 is 12.8. The highest BCUT2D eigenvalue weighted by Gasteiger charge is 2.49. The minimum Gasteiger partial charge on any atom is -0.343 e. The van der Waals surface area contributed by atoms with Crippen LogP contribution in [-0.2, 0) is 11.2 Å². The van der Waals surface area contributed by atoms with E-state index in [9.17, 15) is 18.8 Å². The first kappa shape index (κ1) is 27.8. The van der Waals surface area contributed by atoms with Gasteiger partial charge in [0.2, 0.25) is 0 Å². The predicted molar refractivity (Wildman–Crippen MR) is 153 cm³/mol. The smallest absolute Gasteiger partial charge is 0.315 e. The average molecular weight is 600 g/mol. The van der Waals surface area contributed by atoms with E-state index in [-0.39, 0.29) is 46.1 Å². The Morgan fingerprint density at radius 1 is 1.29 bits per heavy atom. The molecule has 2 saturated heterocycles. The maximum absolute atomic E-state index is 16.7. The molecule has 2 N–H and O–H groups in total. The van der Waals surface area contributed by atoms with Crippen LogP contribution in [0.2, 0.25) is 10.0 Å². The van der Waals surface area contributed by atoms with Gasteiger partial charge < -0.3 is 15.2 Å². The first-order valence-electron chi connectivity index (χ1n) is 13.4. The Bertz CT molecular complexity index is 1750. The van der Waals surface area contributed by atoms with E-state index < -0.39 is 24.2 Å². The van der Waals surface area contributed by atoms with E-state index in [1.54, 1.807) is 32.0 Å². The Balaban J connectivity index is 1.67. The molecule has 1 saturated carbocycles. The van der Waals surface area contributed by atoms with Crippen LogP contribution in [0.5, 0.6) is 0 Å². The second-order valence-electron chi connectivity index (χ2n) is 10.8. The zero-order valence-electron chi connectivity index (χ0n) is 22.2. The van der Waals surface area contributed by atoms with Crippen LogP contribution in [0.25, 0.3) is 32.9 Å². The number of aromatic nitrogens is 2. The quantitative estimate of drug-likeness (QED) is 0.238. The number of benzene rings is 2. The molecule has 1 aliphatic carbocycles. The van der Waals surface area contributed by atoms with Crippen molar-refractivity contribution >= 4 is 50.9 Å². The van der Waals surface area contributed by atoms with E-state index in [4.69, 9.17) is 23.2 Å². The van der Waals surface area contributed by atoms with Gasteiger partial charge in [0, 0.05) is 52.3 Å². The molecule has 41 heavy (non-hydrogen) atoms. The number of fused-ring (bicyclic) bond motifs is 4. The van der Waals surface area contributed by atoms with Crippen molar-refractivity contribution in [2.75, 3.05) is 6.54 Å². The van der Waals surface area contributed by atoms with Crippen LogP contribution in [0.1, 0.15) is 48.8 Å². The molecule has 2 aromatic heterocycles. The molecular formula is C30H26Cl2F3N5O. The Morgan fingerprint density at radius 3 is 2.73 bits per heavy atom. The number of halogens is 5. The molecular weight excluding hydrogens is 574 g/mol. The summed E-state index contributed by atoms with van der Waals surface area (Å²) in [7, 11) is 0. The molecule has 7 rings (SSSR count). The fourth-order valence-corrected chi connectivity index (χ4v) is 6.92. The van der Waals surface area contributed by atoms with Gasteiger partial charge in [-0.15, -0.1) is 0 Å². The van der Waals surface area contributed by atoms with Crippen LogP contribution in [0, 0.1) is 30.0 Å². The lowest BCUT2D eigenvalue weighted by molar-refractivity contribution is -0.132. The van der Waals surface area contributed by atoms with Gasteiger partial charge in [0.1, 0.15) is 5.52 Å². The van der Waals surface area contributed by atoms with Crippen molar-refractivity contribution in [1.29, 1.82) is 5.26 Å². The van der Waals surface area contributed by atoms with Gasteiger partial charge >= 0.3 is 6.43 Å². The third-order valence-electron chi connectivity index (χ3n) is 8.43. The summed E-state index contributed by atoms with van der Waals surface area (Å²) in [5.41, 5.74) is 3.30. The standard InChI is InChI=1S/C30H26Cl2F3N5O/c1-13-18-11-22(14(2)39-30(41)29(34)35)40(27-16-10-21(27)37-12-16)28(18)19-9-15(5-4-8-36)23(25(33)26(19)38-13)17-6-3-7-20(31)24(17)32/h3,6-7,9,11,14,16,21,27,29,37H,4-5,10,12H2,1-2H3,(H,39,41)/t14-,16-,21-,27+/m1/s1. The number of nitrogens with one attached hydrogen (secondary N) is 2. The third kappa shape index (κ3) is 4.44. The van der Waals surface area contributed by atoms with Crippen molar-refractivity contribution in [2.45, 2.75) is 57.7 Å². The molecule has 1 amide bonds. The molecule has 3 aliphatic rings. The molecule has 4 aromatic rings. The maximum atomic E-state index is 16.7.